The summed E-state index contributed by atoms with van der Waals surface area (Å²) in [6.45, 7) is 1.54. The zero-order chi connectivity index (χ0) is 16.1. The van der Waals surface area contributed by atoms with E-state index in [1.54, 1.807) is 0 Å². The van der Waals surface area contributed by atoms with E-state index in [9.17, 15) is 0 Å². The molecule has 1 aliphatic heterocycles. The largest absolute Gasteiger partial charge is 0.379 e. The Hall–Kier alpha value is -2.79. The fraction of sp³-hybridized carbons (Fsp3) is 0.400. The number of nitriles is 1. The van der Waals surface area contributed by atoms with Gasteiger partial charge in [-0.25, -0.2) is 19.9 Å². The first kappa shape index (κ1) is 15.1. The smallest absolute Gasteiger partial charge is 0.158 e. The molecule has 1 unspecified atom stereocenters. The van der Waals surface area contributed by atoms with Crippen molar-refractivity contribution in [2.75, 3.05) is 30.5 Å². The maximum atomic E-state index is 8.73. The van der Waals surface area contributed by atoms with Gasteiger partial charge in [-0.15, -0.1) is 0 Å². The summed E-state index contributed by atoms with van der Waals surface area (Å²) >= 11 is 0. The average molecular weight is 311 g/mol. The summed E-state index contributed by atoms with van der Waals surface area (Å²) in [4.78, 5) is 18.7. The van der Waals surface area contributed by atoms with E-state index in [-0.39, 0.29) is 5.69 Å². The molecule has 0 bridgehead atoms. The van der Waals surface area contributed by atoms with Gasteiger partial charge in [0.2, 0.25) is 0 Å². The lowest BCUT2D eigenvalue weighted by Crippen LogP contribution is -2.39. The standard InChI is InChI=1S/C15H17N7O/c1-22(12-3-2-4-23-9-12)15-5-13(19-10-20-15)21-14-8-17-11(6-16)7-18-14/h5,7-8,10,12H,2-4,9H2,1H3,(H,18,19,20,21). The molecule has 1 saturated heterocycles. The minimum atomic E-state index is 0.274. The van der Waals surface area contributed by atoms with Crippen molar-refractivity contribution in [3.63, 3.8) is 0 Å². The Bertz CT molecular complexity index is 692. The summed E-state index contributed by atoms with van der Waals surface area (Å²) in [6, 6.07) is 4.11. The van der Waals surface area contributed by atoms with Crippen LogP contribution in [0, 0.1) is 11.3 Å². The zero-order valence-corrected chi connectivity index (χ0v) is 12.8. The topological polar surface area (TPSA) is 99.9 Å². The van der Waals surface area contributed by atoms with E-state index >= 15 is 0 Å². The molecule has 0 spiro atoms. The first-order valence-electron chi connectivity index (χ1n) is 7.38. The van der Waals surface area contributed by atoms with Gasteiger partial charge in [0.25, 0.3) is 0 Å². The summed E-state index contributed by atoms with van der Waals surface area (Å²) < 4.78 is 5.53. The van der Waals surface area contributed by atoms with Gasteiger partial charge in [-0.05, 0) is 12.8 Å². The first-order valence-corrected chi connectivity index (χ1v) is 7.38. The number of hydrogen-bond donors (Lipinski definition) is 1. The number of anilines is 3. The van der Waals surface area contributed by atoms with Crippen LogP contribution in [0.25, 0.3) is 0 Å². The lowest BCUT2D eigenvalue weighted by Gasteiger charge is -2.31. The second kappa shape index (κ2) is 6.98. The first-order chi connectivity index (χ1) is 11.3. The van der Waals surface area contributed by atoms with Crippen molar-refractivity contribution in [2.45, 2.75) is 18.9 Å². The SMILES string of the molecule is CN(c1cc(Nc2cnc(C#N)cn2)ncn1)C1CCCOC1. The van der Waals surface area contributed by atoms with Crippen molar-refractivity contribution in [2.24, 2.45) is 0 Å². The van der Waals surface area contributed by atoms with E-state index in [1.165, 1.54) is 18.7 Å². The number of aromatic nitrogens is 4. The second-order valence-corrected chi connectivity index (χ2v) is 5.27. The summed E-state index contributed by atoms with van der Waals surface area (Å²) in [7, 11) is 2.01. The maximum Gasteiger partial charge on any atom is 0.158 e. The normalized spacial score (nSPS) is 17.3. The highest BCUT2D eigenvalue weighted by molar-refractivity contribution is 5.55. The van der Waals surface area contributed by atoms with E-state index in [1.807, 2.05) is 19.2 Å². The summed E-state index contributed by atoms with van der Waals surface area (Å²) in [5, 5.41) is 11.8. The summed E-state index contributed by atoms with van der Waals surface area (Å²) in [5.74, 6) is 1.97. The van der Waals surface area contributed by atoms with Crippen molar-refractivity contribution in [3.8, 4) is 6.07 Å². The number of nitrogens with one attached hydrogen (secondary N) is 1. The molecular formula is C15H17N7O. The Balaban J connectivity index is 1.72. The van der Waals surface area contributed by atoms with Crippen LogP contribution in [-0.2, 0) is 4.74 Å². The van der Waals surface area contributed by atoms with Gasteiger partial charge in [0.1, 0.15) is 29.9 Å². The Morgan fingerprint density at radius 1 is 1.26 bits per heavy atom. The van der Waals surface area contributed by atoms with E-state index in [2.05, 4.69) is 30.2 Å². The van der Waals surface area contributed by atoms with Crippen LogP contribution in [0.2, 0.25) is 0 Å². The number of nitrogens with zero attached hydrogens (tertiary/aromatic N) is 6. The monoisotopic (exact) mass is 311 g/mol. The molecule has 118 valence electrons. The molecule has 0 aromatic carbocycles. The van der Waals surface area contributed by atoms with Gasteiger partial charge in [-0.2, -0.15) is 5.26 Å². The van der Waals surface area contributed by atoms with Crippen molar-refractivity contribution >= 4 is 17.5 Å². The van der Waals surface area contributed by atoms with Crippen LogP contribution < -0.4 is 10.2 Å². The third-order valence-electron chi connectivity index (χ3n) is 3.72. The maximum absolute atomic E-state index is 8.73. The highest BCUT2D eigenvalue weighted by Gasteiger charge is 2.20. The summed E-state index contributed by atoms with van der Waals surface area (Å²) in [6.07, 6.45) is 6.57. The van der Waals surface area contributed by atoms with E-state index in [0.717, 1.165) is 25.3 Å². The van der Waals surface area contributed by atoms with E-state index in [0.29, 0.717) is 24.3 Å². The van der Waals surface area contributed by atoms with Gasteiger partial charge in [0, 0.05) is 19.7 Å². The van der Waals surface area contributed by atoms with Crippen LogP contribution in [-0.4, -0.2) is 46.2 Å². The van der Waals surface area contributed by atoms with Gasteiger partial charge in [-0.1, -0.05) is 0 Å². The molecule has 1 N–H and O–H groups in total. The minimum absolute atomic E-state index is 0.274. The molecular weight excluding hydrogens is 294 g/mol. The molecule has 3 heterocycles. The second-order valence-electron chi connectivity index (χ2n) is 5.27. The molecule has 0 amide bonds. The van der Waals surface area contributed by atoms with Crippen molar-refractivity contribution in [1.82, 2.24) is 19.9 Å². The van der Waals surface area contributed by atoms with Crippen molar-refractivity contribution in [1.29, 1.82) is 5.26 Å². The number of rotatable bonds is 4. The average Bonchev–Trinajstić information content (AvgIpc) is 2.63. The van der Waals surface area contributed by atoms with Crippen molar-refractivity contribution < 1.29 is 4.74 Å². The van der Waals surface area contributed by atoms with E-state index in [4.69, 9.17) is 10.00 Å². The van der Waals surface area contributed by atoms with Gasteiger partial charge in [-0.3, -0.25) is 0 Å². The molecule has 3 rings (SSSR count). The Morgan fingerprint density at radius 3 is 2.87 bits per heavy atom. The number of hydrogen-bond acceptors (Lipinski definition) is 8. The quantitative estimate of drug-likeness (QED) is 0.906. The van der Waals surface area contributed by atoms with Crippen LogP contribution in [0.4, 0.5) is 17.5 Å². The Labute approximate surface area is 134 Å². The molecule has 8 heteroatoms. The molecule has 1 fully saturated rings. The molecule has 23 heavy (non-hydrogen) atoms. The molecule has 1 aliphatic rings. The third kappa shape index (κ3) is 3.70. The molecule has 1 atom stereocenters. The highest BCUT2D eigenvalue weighted by atomic mass is 16.5. The minimum Gasteiger partial charge on any atom is -0.379 e. The molecule has 0 radical (unpaired) electrons. The fourth-order valence-electron chi connectivity index (χ4n) is 2.41. The van der Waals surface area contributed by atoms with Crippen LogP contribution in [0.3, 0.4) is 0 Å². The van der Waals surface area contributed by atoms with Gasteiger partial charge < -0.3 is 15.0 Å². The van der Waals surface area contributed by atoms with Crippen LogP contribution in [0.1, 0.15) is 18.5 Å². The Morgan fingerprint density at radius 2 is 2.17 bits per heavy atom. The van der Waals surface area contributed by atoms with Crippen molar-refractivity contribution in [3.05, 3.63) is 30.5 Å². The molecule has 0 saturated carbocycles. The highest BCUT2D eigenvalue weighted by Crippen LogP contribution is 2.21. The lowest BCUT2D eigenvalue weighted by atomic mass is 10.1. The number of likely N-dealkylation sites (N-methyl/N-ethyl adjacent to an activating group) is 1. The van der Waals surface area contributed by atoms with Gasteiger partial charge in [0.15, 0.2) is 5.69 Å². The molecule has 2 aromatic heterocycles. The predicted octanol–water partition coefficient (Wildman–Crippen LogP) is 1.50. The molecule has 2 aromatic rings. The lowest BCUT2D eigenvalue weighted by molar-refractivity contribution is 0.0805. The van der Waals surface area contributed by atoms with Crippen LogP contribution in [0.15, 0.2) is 24.8 Å². The van der Waals surface area contributed by atoms with Gasteiger partial charge in [0.05, 0.1) is 25.0 Å². The van der Waals surface area contributed by atoms with Crippen LogP contribution >= 0.6 is 0 Å². The fourth-order valence-corrected chi connectivity index (χ4v) is 2.41. The summed E-state index contributed by atoms with van der Waals surface area (Å²) in [5.41, 5.74) is 0.274. The molecule has 8 nitrogen and oxygen atoms in total. The third-order valence-corrected chi connectivity index (χ3v) is 3.72. The molecule has 0 aliphatic carbocycles. The predicted molar refractivity (Wildman–Crippen MR) is 84.3 cm³/mol. The Kier molecular flexibility index (Phi) is 4.59. The van der Waals surface area contributed by atoms with E-state index < -0.39 is 0 Å². The van der Waals surface area contributed by atoms with Gasteiger partial charge >= 0.3 is 0 Å². The number of ether oxygens (including phenoxy) is 1. The zero-order valence-electron chi connectivity index (χ0n) is 12.8. The van der Waals surface area contributed by atoms with Crippen LogP contribution in [0.5, 0.6) is 0 Å².